The Kier molecular flexibility index (Phi) is 4.33. The smallest absolute Gasteiger partial charge is 0.409 e. The third-order valence-electron chi connectivity index (χ3n) is 3.33. The predicted octanol–water partition coefficient (Wildman–Crippen LogP) is 3.94. The summed E-state index contributed by atoms with van der Waals surface area (Å²) in [7, 11) is 0. The molecule has 1 aliphatic rings. The molecule has 100 valence electrons. The lowest BCUT2D eigenvalue weighted by atomic mass is 9.98. The van der Waals surface area contributed by atoms with Gasteiger partial charge in [0.15, 0.2) is 0 Å². The molecule has 1 aliphatic heterocycles. The Bertz CT molecular complexity index is 458. The fourth-order valence-electron chi connectivity index (χ4n) is 2.52. The van der Waals surface area contributed by atoms with Gasteiger partial charge >= 0.3 is 6.09 Å². The van der Waals surface area contributed by atoms with E-state index in [1.54, 1.807) is 11.3 Å². The molecule has 3 nitrogen and oxygen atoms in total. The van der Waals surface area contributed by atoms with E-state index < -0.39 is 0 Å². The molecular formula is C13H18BrNO2S. The Labute approximate surface area is 120 Å². The molecule has 0 aromatic carbocycles. The molecule has 18 heavy (non-hydrogen) atoms. The number of fused-ring (bicyclic) bond motifs is 1. The average Bonchev–Trinajstić information content (AvgIpc) is 2.51. The van der Waals surface area contributed by atoms with Gasteiger partial charge in [0.25, 0.3) is 0 Å². The SMILES string of the molecule is CCOC(=O)N1CCc2sc(Br)c(C)c2C(C)C1. The quantitative estimate of drug-likeness (QED) is 0.780. The zero-order valence-electron chi connectivity index (χ0n) is 11.0. The van der Waals surface area contributed by atoms with Crippen LogP contribution in [0.4, 0.5) is 4.79 Å². The Hall–Kier alpha value is -0.550. The standard InChI is InChI=1S/C13H18BrNO2S/c1-4-17-13(16)15-6-5-10-11(8(2)7-15)9(3)12(14)18-10/h8H,4-7H2,1-3H3. The second-order valence-electron chi connectivity index (χ2n) is 4.63. The molecule has 1 aromatic rings. The molecule has 0 saturated heterocycles. The van der Waals surface area contributed by atoms with Crippen LogP contribution < -0.4 is 0 Å². The maximum absolute atomic E-state index is 11.8. The van der Waals surface area contributed by atoms with Crippen LogP contribution in [0.5, 0.6) is 0 Å². The van der Waals surface area contributed by atoms with Crippen LogP contribution in [0, 0.1) is 6.92 Å². The van der Waals surface area contributed by atoms with Crippen LogP contribution in [-0.2, 0) is 11.2 Å². The molecule has 0 fully saturated rings. The van der Waals surface area contributed by atoms with E-state index in [4.69, 9.17) is 4.74 Å². The second-order valence-corrected chi connectivity index (χ2v) is 7.06. The van der Waals surface area contributed by atoms with Crippen molar-refractivity contribution in [1.29, 1.82) is 0 Å². The summed E-state index contributed by atoms with van der Waals surface area (Å²) >= 11 is 5.41. The molecule has 2 heterocycles. The van der Waals surface area contributed by atoms with Gasteiger partial charge in [-0.25, -0.2) is 4.79 Å². The third-order valence-corrected chi connectivity index (χ3v) is 5.57. The molecule has 0 N–H and O–H groups in total. The zero-order chi connectivity index (χ0) is 13.3. The lowest BCUT2D eigenvalue weighted by Gasteiger charge is -2.22. The molecule has 1 amide bonds. The molecule has 0 radical (unpaired) electrons. The summed E-state index contributed by atoms with van der Waals surface area (Å²) < 4.78 is 6.32. The lowest BCUT2D eigenvalue weighted by molar-refractivity contribution is 0.107. The Morgan fingerprint density at radius 1 is 1.61 bits per heavy atom. The summed E-state index contributed by atoms with van der Waals surface area (Å²) in [5.41, 5.74) is 2.74. The first-order valence-electron chi connectivity index (χ1n) is 6.24. The van der Waals surface area contributed by atoms with Crippen molar-refractivity contribution < 1.29 is 9.53 Å². The summed E-state index contributed by atoms with van der Waals surface area (Å²) in [4.78, 5) is 15.0. The highest BCUT2D eigenvalue weighted by Gasteiger charge is 2.27. The van der Waals surface area contributed by atoms with E-state index in [2.05, 4.69) is 29.8 Å². The second kappa shape index (κ2) is 5.61. The minimum Gasteiger partial charge on any atom is -0.450 e. The normalized spacial score (nSPS) is 19.3. The van der Waals surface area contributed by atoms with Crippen LogP contribution in [0.2, 0.25) is 0 Å². The van der Waals surface area contributed by atoms with Gasteiger partial charge in [-0.1, -0.05) is 6.92 Å². The van der Waals surface area contributed by atoms with Gasteiger partial charge in [0.05, 0.1) is 10.4 Å². The topological polar surface area (TPSA) is 29.5 Å². The van der Waals surface area contributed by atoms with E-state index in [1.807, 2.05) is 11.8 Å². The third kappa shape index (κ3) is 2.57. The number of carbonyl (C=O) groups excluding carboxylic acids is 1. The predicted molar refractivity (Wildman–Crippen MR) is 77.5 cm³/mol. The molecule has 0 spiro atoms. The summed E-state index contributed by atoms with van der Waals surface area (Å²) in [6.07, 6.45) is 0.742. The number of carbonyl (C=O) groups is 1. The van der Waals surface area contributed by atoms with Crippen molar-refractivity contribution in [2.24, 2.45) is 0 Å². The first-order valence-corrected chi connectivity index (χ1v) is 7.84. The van der Waals surface area contributed by atoms with Crippen LogP contribution >= 0.6 is 27.3 Å². The van der Waals surface area contributed by atoms with Crippen molar-refractivity contribution in [3.8, 4) is 0 Å². The summed E-state index contributed by atoms with van der Waals surface area (Å²) in [6, 6.07) is 0. The zero-order valence-corrected chi connectivity index (χ0v) is 13.4. The number of halogens is 1. The lowest BCUT2D eigenvalue weighted by Crippen LogP contribution is -2.34. The molecule has 1 aromatic heterocycles. The Balaban J connectivity index is 2.20. The monoisotopic (exact) mass is 331 g/mol. The van der Waals surface area contributed by atoms with E-state index in [0.29, 0.717) is 12.5 Å². The highest BCUT2D eigenvalue weighted by atomic mass is 79.9. The minimum absolute atomic E-state index is 0.184. The number of thiophene rings is 1. The number of nitrogens with zero attached hydrogens (tertiary/aromatic N) is 1. The minimum atomic E-state index is -0.184. The molecule has 0 bridgehead atoms. The molecule has 5 heteroatoms. The number of amides is 1. The number of ether oxygens (including phenoxy) is 1. The summed E-state index contributed by atoms with van der Waals surface area (Å²) in [6.45, 7) is 8.12. The molecule has 1 unspecified atom stereocenters. The van der Waals surface area contributed by atoms with Crippen LogP contribution in [0.25, 0.3) is 0 Å². The Morgan fingerprint density at radius 3 is 3.00 bits per heavy atom. The van der Waals surface area contributed by atoms with E-state index in [-0.39, 0.29) is 6.09 Å². The number of hydrogen-bond acceptors (Lipinski definition) is 3. The van der Waals surface area contributed by atoms with Gasteiger partial charge in [-0.2, -0.15) is 0 Å². The Morgan fingerprint density at radius 2 is 2.33 bits per heavy atom. The van der Waals surface area contributed by atoms with Gasteiger partial charge in [0, 0.05) is 23.9 Å². The van der Waals surface area contributed by atoms with Crippen molar-refractivity contribution in [3.05, 3.63) is 19.8 Å². The molecule has 0 saturated carbocycles. The van der Waals surface area contributed by atoms with Crippen LogP contribution in [0.3, 0.4) is 0 Å². The van der Waals surface area contributed by atoms with E-state index in [9.17, 15) is 4.79 Å². The number of rotatable bonds is 1. The van der Waals surface area contributed by atoms with Crippen LogP contribution in [0.1, 0.15) is 35.8 Å². The molecule has 0 aliphatic carbocycles. The van der Waals surface area contributed by atoms with Crippen molar-refractivity contribution in [3.63, 3.8) is 0 Å². The molecule has 1 atom stereocenters. The fourth-order valence-corrected chi connectivity index (χ4v) is 4.45. The first kappa shape index (κ1) is 13.9. The highest BCUT2D eigenvalue weighted by Crippen LogP contribution is 2.39. The van der Waals surface area contributed by atoms with E-state index in [1.165, 1.54) is 19.8 Å². The van der Waals surface area contributed by atoms with E-state index in [0.717, 1.165) is 19.5 Å². The van der Waals surface area contributed by atoms with Crippen molar-refractivity contribution in [2.45, 2.75) is 33.1 Å². The van der Waals surface area contributed by atoms with Gasteiger partial charge in [0.2, 0.25) is 0 Å². The fraction of sp³-hybridized carbons (Fsp3) is 0.615. The highest BCUT2D eigenvalue weighted by molar-refractivity contribution is 9.11. The largest absolute Gasteiger partial charge is 0.450 e. The average molecular weight is 332 g/mol. The van der Waals surface area contributed by atoms with Gasteiger partial charge < -0.3 is 9.64 Å². The van der Waals surface area contributed by atoms with Crippen LogP contribution in [0.15, 0.2) is 3.79 Å². The number of hydrogen-bond donors (Lipinski definition) is 0. The van der Waals surface area contributed by atoms with Gasteiger partial charge in [-0.3, -0.25) is 0 Å². The van der Waals surface area contributed by atoms with Gasteiger partial charge in [-0.05, 0) is 47.3 Å². The maximum Gasteiger partial charge on any atom is 0.409 e. The maximum atomic E-state index is 11.8. The molecular weight excluding hydrogens is 314 g/mol. The summed E-state index contributed by atoms with van der Waals surface area (Å²) in [5.74, 6) is 0.370. The first-order chi connectivity index (χ1) is 8.54. The summed E-state index contributed by atoms with van der Waals surface area (Å²) in [5, 5.41) is 0. The van der Waals surface area contributed by atoms with E-state index >= 15 is 0 Å². The molecule has 2 rings (SSSR count). The van der Waals surface area contributed by atoms with Crippen molar-refractivity contribution in [2.75, 3.05) is 19.7 Å². The van der Waals surface area contributed by atoms with Crippen molar-refractivity contribution in [1.82, 2.24) is 4.90 Å². The van der Waals surface area contributed by atoms with Gasteiger partial charge in [0.1, 0.15) is 0 Å². The van der Waals surface area contributed by atoms with Gasteiger partial charge in [-0.15, -0.1) is 11.3 Å². The van der Waals surface area contributed by atoms with Crippen LogP contribution in [-0.4, -0.2) is 30.7 Å². The van der Waals surface area contributed by atoms with Crippen molar-refractivity contribution >= 4 is 33.4 Å².